The third-order valence-corrected chi connectivity index (χ3v) is 6.08. The second kappa shape index (κ2) is 8.35. The standard InChI is InChI=1S/C20H22BrNO3S/c1-4-25-19-15(21)11-14(12-17(19)24-3)20(23)22-10-9-13(2)26-18-8-6-5-7-16(18)22/h5-8,11-13H,4,9-10H2,1-3H3. The number of benzene rings is 2. The second-order valence-corrected chi connectivity index (χ2v) is 8.40. The van der Waals surface area contributed by atoms with Gasteiger partial charge in [-0.1, -0.05) is 19.1 Å². The molecule has 0 N–H and O–H groups in total. The number of carbonyl (C=O) groups is 1. The third kappa shape index (κ3) is 3.86. The van der Waals surface area contributed by atoms with E-state index in [9.17, 15) is 4.79 Å². The van der Waals surface area contributed by atoms with Crippen molar-refractivity contribution < 1.29 is 14.3 Å². The Bertz CT molecular complexity index is 812. The maximum Gasteiger partial charge on any atom is 0.258 e. The van der Waals surface area contributed by atoms with E-state index in [1.165, 1.54) is 0 Å². The number of para-hydroxylation sites is 1. The zero-order chi connectivity index (χ0) is 18.7. The Kier molecular flexibility index (Phi) is 6.14. The molecule has 0 saturated heterocycles. The van der Waals surface area contributed by atoms with E-state index in [4.69, 9.17) is 9.47 Å². The fourth-order valence-electron chi connectivity index (χ4n) is 2.98. The number of thioether (sulfide) groups is 1. The van der Waals surface area contributed by atoms with E-state index < -0.39 is 0 Å². The fourth-order valence-corrected chi connectivity index (χ4v) is 4.65. The van der Waals surface area contributed by atoms with Crippen molar-refractivity contribution in [3.8, 4) is 11.5 Å². The van der Waals surface area contributed by atoms with Gasteiger partial charge in [0, 0.05) is 22.3 Å². The number of hydrogen-bond donors (Lipinski definition) is 0. The molecular formula is C20H22BrNO3S. The monoisotopic (exact) mass is 435 g/mol. The molecule has 1 unspecified atom stereocenters. The van der Waals surface area contributed by atoms with Gasteiger partial charge in [0.1, 0.15) is 0 Å². The van der Waals surface area contributed by atoms with Gasteiger partial charge in [-0.2, -0.15) is 0 Å². The maximum atomic E-state index is 13.3. The van der Waals surface area contributed by atoms with Gasteiger partial charge in [-0.25, -0.2) is 0 Å². The van der Waals surface area contributed by atoms with Gasteiger partial charge < -0.3 is 14.4 Å². The minimum Gasteiger partial charge on any atom is -0.493 e. The maximum absolute atomic E-state index is 13.3. The van der Waals surface area contributed by atoms with Crippen LogP contribution in [0.5, 0.6) is 11.5 Å². The Hall–Kier alpha value is -1.66. The van der Waals surface area contributed by atoms with Crippen molar-refractivity contribution in [1.82, 2.24) is 0 Å². The SMILES string of the molecule is CCOc1c(Br)cc(C(=O)N2CCC(C)Sc3ccccc32)cc1OC. The van der Waals surface area contributed by atoms with Gasteiger partial charge in [-0.3, -0.25) is 4.79 Å². The largest absolute Gasteiger partial charge is 0.493 e. The summed E-state index contributed by atoms with van der Waals surface area (Å²) in [6.07, 6.45) is 0.945. The Morgan fingerprint density at radius 1 is 1.35 bits per heavy atom. The molecule has 1 heterocycles. The molecule has 1 atom stereocenters. The summed E-state index contributed by atoms with van der Waals surface area (Å²) in [6.45, 7) is 5.33. The van der Waals surface area contributed by atoms with Crippen molar-refractivity contribution in [3.63, 3.8) is 0 Å². The fraction of sp³-hybridized carbons (Fsp3) is 0.350. The number of carbonyl (C=O) groups excluding carboxylic acids is 1. The molecule has 1 aliphatic heterocycles. The van der Waals surface area contributed by atoms with Gasteiger partial charge in [0.05, 0.1) is 23.9 Å². The molecule has 0 radical (unpaired) electrons. The quantitative estimate of drug-likeness (QED) is 0.645. The highest BCUT2D eigenvalue weighted by Gasteiger charge is 2.26. The molecule has 2 aromatic carbocycles. The molecule has 26 heavy (non-hydrogen) atoms. The van der Waals surface area contributed by atoms with Crippen molar-refractivity contribution in [2.75, 3.05) is 25.2 Å². The van der Waals surface area contributed by atoms with E-state index in [1.807, 2.05) is 41.8 Å². The van der Waals surface area contributed by atoms with Crippen LogP contribution in [0.2, 0.25) is 0 Å². The number of nitrogens with zero attached hydrogens (tertiary/aromatic N) is 1. The Morgan fingerprint density at radius 2 is 2.12 bits per heavy atom. The first-order valence-corrected chi connectivity index (χ1v) is 10.3. The normalized spacial score (nSPS) is 16.6. The minimum atomic E-state index is -0.0331. The van der Waals surface area contributed by atoms with Crippen LogP contribution < -0.4 is 14.4 Å². The lowest BCUT2D eigenvalue weighted by Crippen LogP contribution is -2.32. The van der Waals surface area contributed by atoms with Gasteiger partial charge >= 0.3 is 0 Å². The first-order valence-electron chi connectivity index (χ1n) is 8.63. The summed E-state index contributed by atoms with van der Waals surface area (Å²) in [4.78, 5) is 16.3. The first kappa shape index (κ1) is 19.1. The molecular weight excluding hydrogens is 414 g/mol. The van der Waals surface area contributed by atoms with Crippen LogP contribution in [0.4, 0.5) is 5.69 Å². The molecule has 0 aliphatic carbocycles. The van der Waals surface area contributed by atoms with Gasteiger partial charge in [0.25, 0.3) is 5.91 Å². The highest BCUT2D eigenvalue weighted by atomic mass is 79.9. The van der Waals surface area contributed by atoms with Crippen molar-refractivity contribution >= 4 is 39.3 Å². The molecule has 1 aliphatic rings. The van der Waals surface area contributed by atoms with Crippen molar-refractivity contribution in [1.29, 1.82) is 0 Å². The van der Waals surface area contributed by atoms with E-state index in [2.05, 4.69) is 28.9 Å². The Balaban J connectivity index is 2.00. The molecule has 0 saturated carbocycles. The Morgan fingerprint density at radius 3 is 2.85 bits per heavy atom. The van der Waals surface area contributed by atoms with Gasteiger partial charge in [0.15, 0.2) is 11.5 Å². The molecule has 0 bridgehead atoms. The van der Waals surface area contributed by atoms with Crippen molar-refractivity contribution in [2.24, 2.45) is 0 Å². The summed E-state index contributed by atoms with van der Waals surface area (Å²) in [5.41, 5.74) is 1.54. The second-order valence-electron chi connectivity index (χ2n) is 6.06. The van der Waals surface area contributed by atoms with Crippen LogP contribution in [0.25, 0.3) is 0 Å². The number of rotatable bonds is 4. The number of ether oxygens (including phenoxy) is 2. The number of fused-ring (bicyclic) bond motifs is 1. The summed E-state index contributed by atoms with van der Waals surface area (Å²) in [7, 11) is 1.58. The van der Waals surface area contributed by atoms with Gasteiger partial charge in [0.2, 0.25) is 0 Å². The average molecular weight is 436 g/mol. The van der Waals surface area contributed by atoms with E-state index >= 15 is 0 Å². The number of hydrogen-bond acceptors (Lipinski definition) is 4. The predicted molar refractivity (Wildman–Crippen MR) is 110 cm³/mol. The minimum absolute atomic E-state index is 0.0331. The van der Waals surface area contributed by atoms with E-state index in [-0.39, 0.29) is 5.91 Å². The van der Waals surface area contributed by atoms with Gasteiger partial charge in [-0.05, 0) is 53.5 Å². The number of anilines is 1. The van der Waals surface area contributed by atoms with Crippen LogP contribution in [0.15, 0.2) is 45.8 Å². The van der Waals surface area contributed by atoms with Crippen LogP contribution in [0, 0.1) is 0 Å². The summed E-state index contributed by atoms with van der Waals surface area (Å²) >= 11 is 5.33. The summed E-state index contributed by atoms with van der Waals surface area (Å²) in [5.74, 6) is 1.14. The lowest BCUT2D eigenvalue weighted by atomic mass is 10.1. The predicted octanol–water partition coefficient (Wildman–Crippen LogP) is 5.39. The highest BCUT2D eigenvalue weighted by Crippen LogP contribution is 2.40. The number of halogens is 1. The van der Waals surface area contributed by atoms with E-state index in [0.29, 0.717) is 39.9 Å². The molecule has 1 amide bonds. The molecule has 0 spiro atoms. The number of methoxy groups -OCH3 is 1. The van der Waals surface area contributed by atoms with Crippen LogP contribution in [-0.4, -0.2) is 31.4 Å². The van der Waals surface area contributed by atoms with Crippen molar-refractivity contribution in [3.05, 3.63) is 46.4 Å². The molecule has 3 rings (SSSR count). The molecule has 4 nitrogen and oxygen atoms in total. The zero-order valence-corrected chi connectivity index (χ0v) is 17.5. The molecule has 138 valence electrons. The zero-order valence-electron chi connectivity index (χ0n) is 15.1. The average Bonchev–Trinajstić information content (AvgIpc) is 2.80. The lowest BCUT2D eigenvalue weighted by Gasteiger charge is -2.23. The molecule has 6 heteroatoms. The number of amides is 1. The van der Waals surface area contributed by atoms with Crippen LogP contribution in [-0.2, 0) is 0 Å². The van der Waals surface area contributed by atoms with E-state index in [0.717, 1.165) is 17.0 Å². The first-order chi connectivity index (χ1) is 12.5. The molecule has 0 fully saturated rings. The summed E-state index contributed by atoms with van der Waals surface area (Å²) in [6, 6.07) is 11.6. The van der Waals surface area contributed by atoms with Crippen LogP contribution in [0.3, 0.4) is 0 Å². The van der Waals surface area contributed by atoms with Crippen LogP contribution in [0.1, 0.15) is 30.6 Å². The topological polar surface area (TPSA) is 38.8 Å². The summed E-state index contributed by atoms with van der Waals surface area (Å²) in [5, 5.41) is 0.468. The third-order valence-electron chi connectivity index (χ3n) is 4.25. The highest BCUT2D eigenvalue weighted by molar-refractivity contribution is 9.10. The van der Waals surface area contributed by atoms with Gasteiger partial charge in [-0.15, -0.1) is 11.8 Å². The van der Waals surface area contributed by atoms with E-state index in [1.54, 1.807) is 19.2 Å². The Labute approximate surface area is 167 Å². The molecule has 2 aromatic rings. The van der Waals surface area contributed by atoms with Crippen molar-refractivity contribution in [2.45, 2.75) is 30.4 Å². The van der Waals surface area contributed by atoms with Crippen LogP contribution >= 0.6 is 27.7 Å². The summed E-state index contributed by atoms with van der Waals surface area (Å²) < 4.78 is 11.8. The lowest BCUT2D eigenvalue weighted by molar-refractivity contribution is 0.0986. The molecule has 0 aromatic heterocycles. The smallest absolute Gasteiger partial charge is 0.258 e.